The number of likely N-dealkylation sites (tertiary alicyclic amines) is 1. The molecule has 3 aliphatic heterocycles. The summed E-state index contributed by atoms with van der Waals surface area (Å²) in [6.07, 6.45) is 11.6. The molecule has 1 aromatic heterocycles. The van der Waals surface area contributed by atoms with Gasteiger partial charge >= 0.3 is 0 Å². The highest BCUT2D eigenvalue weighted by Gasteiger charge is 2.26. The lowest BCUT2D eigenvalue weighted by Gasteiger charge is -2.36. The Morgan fingerprint density at radius 2 is 1.72 bits per heavy atom. The van der Waals surface area contributed by atoms with Gasteiger partial charge in [-0.25, -0.2) is 0 Å². The van der Waals surface area contributed by atoms with Crippen LogP contribution < -0.4 is 9.47 Å². The summed E-state index contributed by atoms with van der Waals surface area (Å²) in [7, 11) is 0. The number of ether oxygens (including phenoxy) is 2. The van der Waals surface area contributed by atoms with Gasteiger partial charge in [0.05, 0.1) is 0 Å². The fourth-order valence-electron chi connectivity index (χ4n) is 5.06. The van der Waals surface area contributed by atoms with Crippen molar-refractivity contribution in [1.29, 1.82) is 0 Å². The number of rotatable bonds is 7. The predicted molar refractivity (Wildman–Crippen MR) is 113 cm³/mol. The van der Waals surface area contributed by atoms with Gasteiger partial charge in [0.1, 0.15) is 0 Å². The largest absolute Gasteiger partial charge is 0.454 e. The zero-order valence-electron chi connectivity index (χ0n) is 17.2. The molecule has 29 heavy (non-hydrogen) atoms. The second-order valence-corrected chi connectivity index (χ2v) is 8.62. The van der Waals surface area contributed by atoms with Gasteiger partial charge in [-0.05, 0) is 86.1 Å². The number of piperidine rings is 1. The van der Waals surface area contributed by atoms with Gasteiger partial charge in [0.25, 0.3) is 0 Å². The lowest BCUT2D eigenvalue weighted by molar-refractivity contribution is 0.123. The number of pyridine rings is 1. The summed E-state index contributed by atoms with van der Waals surface area (Å²) >= 11 is 0. The van der Waals surface area contributed by atoms with E-state index in [0.29, 0.717) is 6.79 Å². The molecule has 0 spiro atoms. The molecule has 3 aliphatic rings. The monoisotopic (exact) mass is 393 g/mol. The third-order valence-electron chi connectivity index (χ3n) is 6.67. The van der Waals surface area contributed by atoms with Crippen molar-refractivity contribution in [3.05, 3.63) is 53.3 Å². The fourth-order valence-corrected chi connectivity index (χ4v) is 5.06. The molecule has 4 heterocycles. The van der Waals surface area contributed by atoms with Gasteiger partial charge in [-0.3, -0.25) is 9.88 Å². The summed E-state index contributed by atoms with van der Waals surface area (Å²) in [4.78, 5) is 9.46. The molecule has 1 fully saturated rings. The van der Waals surface area contributed by atoms with Crippen LogP contribution in [-0.2, 0) is 19.5 Å². The van der Waals surface area contributed by atoms with Crippen LogP contribution in [0.3, 0.4) is 0 Å². The van der Waals surface area contributed by atoms with Gasteiger partial charge in [0, 0.05) is 38.1 Å². The predicted octanol–water partition coefficient (Wildman–Crippen LogP) is 4.00. The normalized spacial score (nSPS) is 21.4. The number of nitrogens with zero attached hydrogens (tertiary/aromatic N) is 3. The Labute approximate surface area is 173 Å². The SMILES string of the molecule is c1cc(CCCN2CCCCC2CCN2Cc3cc4c(cc3C2)OCO4)ccn1. The summed E-state index contributed by atoms with van der Waals surface area (Å²) in [5, 5.41) is 0. The van der Waals surface area contributed by atoms with Crippen molar-refractivity contribution in [1.82, 2.24) is 14.8 Å². The standard InChI is InChI=1S/C24H31N3O2/c1-2-11-27(12-3-4-19-6-9-25-10-7-19)22(5-1)8-13-26-16-20-14-23-24(29-18-28-23)15-21(20)17-26/h6-7,9-10,14-15,22H,1-5,8,11-13,16-18H2. The van der Waals surface area contributed by atoms with Crippen LogP contribution in [0.1, 0.15) is 48.8 Å². The molecule has 0 saturated carbocycles. The summed E-state index contributed by atoms with van der Waals surface area (Å²) in [5.74, 6) is 1.83. The van der Waals surface area contributed by atoms with Crippen LogP contribution in [0.15, 0.2) is 36.7 Å². The first kappa shape index (κ1) is 18.9. The summed E-state index contributed by atoms with van der Waals surface area (Å²) < 4.78 is 11.1. The van der Waals surface area contributed by atoms with Crippen LogP contribution in [0.25, 0.3) is 0 Å². The second-order valence-electron chi connectivity index (χ2n) is 8.62. The lowest BCUT2D eigenvalue weighted by atomic mass is 9.98. The molecule has 0 bridgehead atoms. The average Bonchev–Trinajstić information content (AvgIpc) is 3.37. The van der Waals surface area contributed by atoms with Crippen molar-refractivity contribution in [3.8, 4) is 11.5 Å². The molecule has 1 unspecified atom stereocenters. The van der Waals surface area contributed by atoms with Crippen molar-refractivity contribution >= 4 is 0 Å². The highest BCUT2D eigenvalue weighted by Crippen LogP contribution is 2.38. The van der Waals surface area contributed by atoms with E-state index in [0.717, 1.165) is 37.1 Å². The number of fused-ring (bicyclic) bond motifs is 2. The number of benzene rings is 1. The lowest BCUT2D eigenvalue weighted by Crippen LogP contribution is -2.41. The first-order chi connectivity index (χ1) is 14.3. The molecule has 154 valence electrons. The van der Waals surface area contributed by atoms with Crippen molar-refractivity contribution in [3.63, 3.8) is 0 Å². The van der Waals surface area contributed by atoms with E-state index in [2.05, 4.69) is 39.0 Å². The minimum absolute atomic E-state index is 0.362. The van der Waals surface area contributed by atoms with Gasteiger partial charge in [0.15, 0.2) is 11.5 Å². The van der Waals surface area contributed by atoms with Gasteiger partial charge in [-0.15, -0.1) is 0 Å². The quantitative estimate of drug-likeness (QED) is 0.711. The maximum atomic E-state index is 5.55. The summed E-state index contributed by atoms with van der Waals surface area (Å²) in [6, 6.07) is 9.39. The van der Waals surface area contributed by atoms with E-state index >= 15 is 0 Å². The van der Waals surface area contributed by atoms with E-state index in [1.165, 1.54) is 68.4 Å². The molecule has 1 aromatic carbocycles. The Balaban J connectivity index is 1.11. The molecule has 5 nitrogen and oxygen atoms in total. The van der Waals surface area contributed by atoms with E-state index in [1.54, 1.807) is 0 Å². The van der Waals surface area contributed by atoms with Crippen LogP contribution in [0.4, 0.5) is 0 Å². The fraction of sp³-hybridized carbons (Fsp3) is 0.542. The van der Waals surface area contributed by atoms with Crippen molar-refractivity contribution in [2.24, 2.45) is 0 Å². The average molecular weight is 394 g/mol. The number of aromatic nitrogens is 1. The zero-order valence-corrected chi connectivity index (χ0v) is 17.2. The molecule has 0 N–H and O–H groups in total. The molecule has 1 saturated heterocycles. The van der Waals surface area contributed by atoms with Crippen LogP contribution in [-0.4, -0.2) is 47.3 Å². The van der Waals surface area contributed by atoms with E-state index < -0.39 is 0 Å². The highest BCUT2D eigenvalue weighted by atomic mass is 16.7. The van der Waals surface area contributed by atoms with E-state index in [-0.39, 0.29) is 0 Å². The first-order valence-electron chi connectivity index (χ1n) is 11.1. The second kappa shape index (κ2) is 8.72. The Morgan fingerprint density at radius 1 is 0.966 bits per heavy atom. The van der Waals surface area contributed by atoms with E-state index in [9.17, 15) is 0 Å². The molecular weight excluding hydrogens is 362 g/mol. The third kappa shape index (κ3) is 4.41. The number of aryl methyl sites for hydroxylation is 1. The third-order valence-corrected chi connectivity index (χ3v) is 6.67. The first-order valence-corrected chi connectivity index (χ1v) is 11.1. The van der Waals surface area contributed by atoms with Crippen molar-refractivity contribution < 1.29 is 9.47 Å². The number of hydrogen-bond acceptors (Lipinski definition) is 5. The van der Waals surface area contributed by atoms with Gasteiger partial charge in [-0.1, -0.05) is 6.42 Å². The van der Waals surface area contributed by atoms with Crippen molar-refractivity contribution in [2.75, 3.05) is 26.4 Å². The van der Waals surface area contributed by atoms with Gasteiger partial charge in [-0.2, -0.15) is 0 Å². The summed E-state index contributed by atoms with van der Waals surface area (Å²) in [6.45, 7) is 6.10. The Morgan fingerprint density at radius 3 is 2.48 bits per heavy atom. The van der Waals surface area contributed by atoms with Crippen LogP contribution in [0, 0.1) is 0 Å². The molecule has 1 atom stereocenters. The van der Waals surface area contributed by atoms with Crippen LogP contribution in [0.5, 0.6) is 11.5 Å². The minimum Gasteiger partial charge on any atom is -0.454 e. The van der Waals surface area contributed by atoms with E-state index in [1.807, 2.05) is 12.4 Å². The maximum Gasteiger partial charge on any atom is 0.231 e. The molecule has 5 heteroatoms. The Hall–Kier alpha value is -2.11. The smallest absolute Gasteiger partial charge is 0.231 e. The molecule has 2 aromatic rings. The summed E-state index contributed by atoms with van der Waals surface area (Å²) in [5.41, 5.74) is 4.22. The molecule has 0 radical (unpaired) electrons. The molecule has 5 rings (SSSR count). The zero-order chi connectivity index (χ0) is 19.5. The Bertz CT molecular complexity index is 793. The highest BCUT2D eigenvalue weighted by molar-refractivity contribution is 5.49. The Kier molecular flexibility index (Phi) is 5.68. The molecule has 0 aliphatic carbocycles. The topological polar surface area (TPSA) is 37.8 Å². The minimum atomic E-state index is 0.362. The van der Waals surface area contributed by atoms with E-state index in [4.69, 9.17) is 9.47 Å². The molecular formula is C24H31N3O2. The van der Waals surface area contributed by atoms with Crippen molar-refractivity contribution in [2.45, 2.75) is 57.7 Å². The van der Waals surface area contributed by atoms with Gasteiger partial charge < -0.3 is 14.4 Å². The molecule has 0 amide bonds. The number of hydrogen-bond donors (Lipinski definition) is 0. The van der Waals surface area contributed by atoms with Crippen LogP contribution in [0.2, 0.25) is 0 Å². The van der Waals surface area contributed by atoms with Crippen LogP contribution >= 0.6 is 0 Å². The van der Waals surface area contributed by atoms with Gasteiger partial charge in [0.2, 0.25) is 6.79 Å². The maximum absolute atomic E-state index is 5.55.